The zero-order valence-electron chi connectivity index (χ0n) is 12.5. The largest absolute Gasteiger partial charge is 0.336 e. The maximum Gasteiger partial charge on any atom is 0.159 e. The molecule has 0 radical (unpaired) electrons. The Morgan fingerprint density at radius 2 is 2.15 bits per heavy atom. The zero-order valence-corrected chi connectivity index (χ0v) is 12.5. The highest BCUT2D eigenvalue weighted by atomic mass is 15.0. The Morgan fingerprint density at radius 1 is 1.40 bits per heavy atom. The van der Waals surface area contributed by atoms with Gasteiger partial charge in [0.05, 0.1) is 0 Å². The lowest BCUT2D eigenvalue weighted by Gasteiger charge is -2.04. The summed E-state index contributed by atoms with van der Waals surface area (Å²) in [5.41, 5.74) is 3.09. The molecular formula is C16H20N4. The minimum absolute atomic E-state index is 0.471. The van der Waals surface area contributed by atoms with E-state index in [2.05, 4.69) is 42.5 Å². The molecule has 0 spiro atoms. The van der Waals surface area contributed by atoms with Crippen molar-refractivity contribution in [3.63, 3.8) is 0 Å². The summed E-state index contributed by atoms with van der Waals surface area (Å²) in [6.07, 6.45) is 5.62. The third-order valence-electron chi connectivity index (χ3n) is 3.46. The Bertz CT molecular complexity index is 690. The summed E-state index contributed by atoms with van der Waals surface area (Å²) in [7, 11) is 1.97. The SMILES string of the molecule is C=NC(=N/C=C(\C)C(C)C)c1ccnc2c1ccn2C. The van der Waals surface area contributed by atoms with Crippen molar-refractivity contribution >= 4 is 23.6 Å². The van der Waals surface area contributed by atoms with E-state index in [0.717, 1.165) is 16.6 Å². The van der Waals surface area contributed by atoms with Crippen molar-refractivity contribution in [2.24, 2.45) is 23.0 Å². The smallest absolute Gasteiger partial charge is 0.159 e. The van der Waals surface area contributed by atoms with Gasteiger partial charge in [-0.3, -0.25) is 0 Å². The maximum absolute atomic E-state index is 4.48. The predicted molar refractivity (Wildman–Crippen MR) is 85.4 cm³/mol. The molecular weight excluding hydrogens is 248 g/mol. The van der Waals surface area contributed by atoms with Gasteiger partial charge < -0.3 is 4.57 Å². The first-order valence-electron chi connectivity index (χ1n) is 6.66. The lowest BCUT2D eigenvalue weighted by Crippen LogP contribution is -1.99. The van der Waals surface area contributed by atoms with E-state index in [1.54, 1.807) is 6.20 Å². The number of fused-ring (bicyclic) bond motifs is 1. The van der Waals surface area contributed by atoms with E-state index in [0.29, 0.717) is 11.8 Å². The molecule has 0 aromatic carbocycles. The lowest BCUT2D eigenvalue weighted by molar-refractivity contribution is 0.766. The molecule has 2 heterocycles. The Morgan fingerprint density at radius 3 is 2.80 bits per heavy atom. The van der Waals surface area contributed by atoms with Gasteiger partial charge in [-0.15, -0.1) is 0 Å². The van der Waals surface area contributed by atoms with Gasteiger partial charge in [-0.05, 0) is 31.7 Å². The van der Waals surface area contributed by atoms with E-state index in [1.807, 2.05) is 36.1 Å². The molecule has 0 unspecified atom stereocenters. The molecule has 2 aromatic rings. The Labute approximate surface area is 119 Å². The van der Waals surface area contributed by atoms with Crippen LogP contribution in [-0.2, 0) is 7.05 Å². The number of pyridine rings is 1. The van der Waals surface area contributed by atoms with Crippen LogP contribution >= 0.6 is 0 Å². The Balaban J connectivity index is 2.53. The average molecular weight is 268 g/mol. The van der Waals surface area contributed by atoms with Crippen molar-refractivity contribution in [3.8, 4) is 0 Å². The van der Waals surface area contributed by atoms with Crippen LogP contribution in [0.2, 0.25) is 0 Å². The lowest BCUT2D eigenvalue weighted by atomic mass is 10.1. The molecule has 0 amide bonds. The molecule has 0 aliphatic rings. The fourth-order valence-electron chi connectivity index (χ4n) is 1.87. The van der Waals surface area contributed by atoms with Crippen LogP contribution in [0.4, 0.5) is 0 Å². The molecule has 4 nitrogen and oxygen atoms in total. The van der Waals surface area contributed by atoms with Crippen LogP contribution in [-0.4, -0.2) is 22.1 Å². The van der Waals surface area contributed by atoms with Gasteiger partial charge in [-0.2, -0.15) is 0 Å². The molecule has 0 atom stereocenters. The fourth-order valence-corrected chi connectivity index (χ4v) is 1.87. The molecule has 20 heavy (non-hydrogen) atoms. The van der Waals surface area contributed by atoms with Crippen LogP contribution in [0.25, 0.3) is 11.0 Å². The van der Waals surface area contributed by atoms with E-state index < -0.39 is 0 Å². The molecule has 2 rings (SSSR count). The summed E-state index contributed by atoms with van der Waals surface area (Å²) in [4.78, 5) is 12.9. The van der Waals surface area contributed by atoms with Crippen molar-refractivity contribution in [2.45, 2.75) is 20.8 Å². The topological polar surface area (TPSA) is 42.5 Å². The maximum atomic E-state index is 4.48. The fraction of sp³-hybridized carbons (Fsp3) is 0.312. The zero-order chi connectivity index (χ0) is 14.7. The summed E-state index contributed by atoms with van der Waals surface area (Å²) in [6, 6.07) is 3.95. The molecule has 0 bridgehead atoms. The van der Waals surface area contributed by atoms with Gasteiger partial charge in [-0.1, -0.05) is 19.4 Å². The van der Waals surface area contributed by atoms with E-state index >= 15 is 0 Å². The number of aryl methyl sites for hydroxylation is 1. The summed E-state index contributed by atoms with van der Waals surface area (Å²) in [5, 5.41) is 1.04. The van der Waals surface area contributed by atoms with E-state index in [1.165, 1.54) is 5.57 Å². The Hall–Kier alpha value is -2.23. The van der Waals surface area contributed by atoms with Crippen molar-refractivity contribution < 1.29 is 0 Å². The standard InChI is InChI=1S/C16H20N4/c1-11(2)12(3)10-19-15(17-4)13-6-8-18-16-14(13)7-9-20(16)5/h6-11H,4H2,1-3,5H3/b12-10+,19-15?. The Kier molecular flexibility index (Phi) is 4.13. The summed E-state index contributed by atoms with van der Waals surface area (Å²) >= 11 is 0. The summed E-state index contributed by atoms with van der Waals surface area (Å²) in [6.45, 7) is 9.99. The highest BCUT2D eigenvalue weighted by Gasteiger charge is 2.09. The van der Waals surface area contributed by atoms with Crippen LogP contribution in [0.3, 0.4) is 0 Å². The minimum atomic E-state index is 0.471. The number of aliphatic imine (C=N–C) groups is 2. The molecule has 2 aromatic heterocycles. The third kappa shape index (κ3) is 2.69. The number of allylic oxidation sites excluding steroid dienone is 1. The first-order chi connectivity index (χ1) is 9.54. The highest BCUT2D eigenvalue weighted by Crippen LogP contribution is 2.19. The van der Waals surface area contributed by atoms with Gasteiger partial charge in [0.15, 0.2) is 5.84 Å². The predicted octanol–water partition coefficient (Wildman–Crippen LogP) is 3.58. The van der Waals surface area contributed by atoms with Gasteiger partial charge in [0, 0.05) is 36.6 Å². The van der Waals surface area contributed by atoms with Gasteiger partial charge in [0.25, 0.3) is 0 Å². The first-order valence-corrected chi connectivity index (χ1v) is 6.66. The molecule has 0 saturated carbocycles. The van der Waals surface area contributed by atoms with E-state index in [4.69, 9.17) is 0 Å². The first kappa shape index (κ1) is 14.2. The van der Waals surface area contributed by atoms with E-state index in [9.17, 15) is 0 Å². The number of aromatic nitrogens is 2. The normalized spacial score (nSPS) is 13.2. The number of nitrogens with zero attached hydrogens (tertiary/aromatic N) is 4. The highest BCUT2D eigenvalue weighted by molar-refractivity contribution is 6.10. The van der Waals surface area contributed by atoms with Crippen LogP contribution in [0, 0.1) is 5.92 Å². The summed E-state index contributed by atoms with van der Waals surface area (Å²) in [5.74, 6) is 1.10. The molecule has 0 N–H and O–H groups in total. The van der Waals surface area contributed by atoms with E-state index in [-0.39, 0.29) is 0 Å². The number of rotatable bonds is 3. The second kappa shape index (κ2) is 5.82. The van der Waals surface area contributed by atoms with Crippen molar-refractivity contribution in [3.05, 3.63) is 41.9 Å². The second-order valence-electron chi connectivity index (χ2n) is 5.16. The molecule has 0 aliphatic heterocycles. The monoisotopic (exact) mass is 268 g/mol. The molecule has 0 saturated heterocycles. The molecule has 0 aliphatic carbocycles. The van der Waals surface area contributed by atoms with Gasteiger partial charge in [0.1, 0.15) is 5.65 Å². The van der Waals surface area contributed by atoms with Crippen LogP contribution in [0.1, 0.15) is 26.3 Å². The van der Waals surface area contributed by atoms with Crippen molar-refractivity contribution in [1.82, 2.24) is 9.55 Å². The van der Waals surface area contributed by atoms with Crippen LogP contribution < -0.4 is 0 Å². The second-order valence-corrected chi connectivity index (χ2v) is 5.16. The third-order valence-corrected chi connectivity index (χ3v) is 3.46. The van der Waals surface area contributed by atoms with Crippen LogP contribution in [0.15, 0.2) is 46.3 Å². The van der Waals surface area contributed by atoms with Gasteiger partial charge >= 0.3 is 0 Å². The quantitative estimate of drug-likeness (QED) is 0.619. The van der Waals surface area contributed by atoms with Gasteiger partial charge in [0.2, 0.25) is 0 Å². The molecule has 0 fully saturated rings. The minimum Gasteiger partial charge on any atom is -0.336 e. The van der Waals surface area contributed by atoms with Crippen molar-refractivity contribution in [1.29, 1.82) is 0 Å². The average Bonchev–Trinajstić information content (AvgIpc) is 2.81. The molecule has 4 heteroatoms. The summed E-state index contributed by atoms with van der Waals surface area (Å²) < 4.78 is 1.98. The van der Waals surface area contributed by atoms with Crippen LogP contribution in [0.5, 0.6) is 0 Å². The number of amidine groups is 1. The molecule has 104 valence electrons. The van der Waals surface area contributed by atoms with Crippen molar-refractivity contribution in [2.75, 3.05) is 0 Å². The number of hydrogen-bond acceptors (Lipinski definition) is 2. The van der Waals surface area contributed by atoms with Gasteiger partial charge in [-0.25, -0.2) is 15.0 Å². The number of hydrogen-bond donors (Lipinski definition) is 0.